The van der Waals surface area contributed by atoms with E-state index in [0.717, 1.165) is 5.56 Å². The second-order valence-corrected chi connectivity index (χ2v) is 6.22. The number of nitrogens with zero attached hydrogens (tertiary/aromatic N) is 3. The number of nitrogens with one attached hydrogen (secondary N) is 1. The highest BCUT2D eigenvalue weighted by Gasteiger charge is 2.16. The highest BCUT2D eigenvalue weighted by Crippen LogP contribution is 2.17. The quantitative estimate of drug-likeness (QED) is 0.727. The van der Waals surface area contributed by atoms with Gasteiger partial charge in [-0.05, 0) is 17.7 Å². The molecule has 1 saturated heterocycles. The van der Waals surface area contributed by atoms with Crippen LogP contribution in [0.15, 0.2) is 30.3 Å². The maximum atomic E-state index is 12.9. The summed E-state index contributed by atoms with van der Waals surface area (Å²) in [5.74, 6) is 0.217. The van der Waals surface area contributed by atoms with Gasteiger partial charge in [0.1, 0.15) is 5.82 Å². The molecule has 1 aliphatic rings. The molecular formula is C19H23FN4O4. The van der Waals surface area contributed by atoms with Crippen LogP contribution in [-0.4, -0.2) is 55.9 Å². The van der Waals surface area contributed by atoms with Gasteiger partial charge in [0.25, 0.3) is 5.91 Å². The average molecular weight is 390 g/mol. The fourth-order valence-corrected chi connectivity index (χ4v) is 2.65. The molecule has 8 nitrogen and oxygen atoms in total. The number of hydrogen-bond acceptors (Lipinski definition) is 7. The third-order valence-corrected chi connectivity index (χ3v) is 4.08. The Kier molecular flexibility index (Phi) is 7.10. The van der Waals surface area contributed by atoms with E-state index in [4.69, 9.17) is 14.2 Å². The number of ether oxygens (including phenoxy) is 3. The van der Waals surface area contributed by atoms with Gasteiger partial charge in [-0.3, -0.25) is 4.79 Å². The Balaban J connectivity index is 1.58. The molecule has 2 heterocycles. The van der Waals surface area contributed by atoms with E-state index in [1.807, 2.05) is 4.90 Å². The minimum atomic E-state index is -0.315. The molecule has 1 aromatic heterocycles. The molecule has 1 N–H and O–H groups in total. The summed E-state index contributed by atoms with van der Waals surface area (Å²) >= 11 is 0. The van der Waals surface area contributed by atoms with E-state index in [0.29, 0.717) is 57.0 Å². The van der Waals surface area contributed by atoms with Gasteiger partial charge in [-0.2, -0.15) is 4.98 Å². The summed E-state index contributed by atoms with van der Waals surface area (Å²) in [7, 11) is 1.58. The number of benzene rings is 1. The molecule has 0 aliphatic carbocycles. The first-order valence-corrected chi connectivity index (χ1v) is 8.97. The number of carbonyl (C=O) groups excluding carboxylic acids is 1. The van der Waals surface area contributed by atoms with Crippen LogP contribution in [0.2, 0.25) is 0 Å². The molecule has 1 aliphatic heterocycles. The smallest absolute Gasteiger partial charge is 0.258 e. The van der Waals surface area contributed by atoms with Crippen molar-refractivity contribution in [3.63, 3.8) is 0 Å². The van der Waals surface area contributed by atoms with Crippen LogP contribution in [0.3, 0.4) is 0 Å². The highest BCUT2D eigenvalue weighted by molar-refractivity contribution is 5.77. The maximum Gasteiger partial charge on any atom is 0.258 e. The number of hydrogen-bond donors (Lipinski definition) is 1. The van der Waals surface area contributed by atoms with Crippen molar-refractivity contribution in [1.82, 2.24) is 15.3 Å². The summed E-state index contributed by atoms with van der Waals surface area (Å²) in [5.41, 5.74) is 1.47. The van der Waals surface area contributed by atoms with Gasteiger partial charge in [-0.1, -0.05) is 12.1 Å². The number of carbonyl (C=O) groups is 1. The predicted octanol–water partition coefficient (Wildman–Crippen LogP) is 1.29. The standard InChI is InChI=1S/C19H23FN4O4/c1-26-12-16-10-18(23-19(22-16)24-6-8-27-9-7-24)28-13-17(25)21-11-14-2-4-15(20)5-3-14/h2-5,10H,6-9,11-13H2,1H3,(H,21,25). The molecule has 0 saturated carbocycles. The van der Waals surface area contributed by atoms with Crippen LogP contribution in [0.4, 0.5) is 10.3 Å². The number of halogens is 1. The van der Waals surface area contributed by atoms with Crippen LogP contribution >= 0.6 is 0 Å². The van der Waals surface area contributed by atoms with Crippen molar-refractivity contribution in [3.05, 3.63) is 47.4 Å². The van der Waals surface area contributed by atoms with Crippen LogP contribution in [-0.2, 0) is 27.4 Å². The third-order valence-electron chi connectivity index (χ3n) is 4.08. The molecule has 28 heavy (non-hydrogen) atoms. The summed E-state index contributed by atoms with van der Waals surface area (Å²) in [6.45, 7) is 3.02. The van der Waals surface area contributed by atoms with E-state index in [1.54, 1.807) is 25.3 Å². The lowest BCUT2D eigenvalue weighted by Crippen LogP contribution is -2.37. The van der Waals surface area contributed by atoms with Crippen LogP contribution in [0, 0.1) is 5.82 Å². The van der Waals surface area contributed by atoms with E-state index in [9.17, 15) is 9.18 Å². The highest BCUT2D eigenvalue weighted by atomic mass is 19.1. The van der Waals surface area contributed by atoms with Gasteiger partial charge >= 0.3 is 0 Å². The van der Waals surface area contributed by atoms with Crippen molar-refractivity contribution in [2.75, 3.05) is 44.9 Å². The lowest BCUT2D eigenvalue weighted by Gasteiger charge is -2.27. The van der Waals surface area contributed by atoms with Crippen LogP contribution in [0.25, 0.3) is 0 Å². The molecule has 0 radical (unpaired) electrons. The Morgan fingerprint density at radius 1 is 1.25 bits per heavy atom. The molecule has 1 aromatic carbocycles. The summed E-state index contributed by atoms with van der Waals surface area (Å²) < 4.78 is 29.0. The van der Waals surface area contributed by atoms with Gasteiger partial charge in [-0.15, -0.1) is 0 Å². The second-order valence-electron chi connectivity index (χ2n) is 6.22. The van der Waals surface area contributed by atoms with E-state index in [1.165, 1.54) is 12.1 Å². The SMILES string of the molecule is COCc1cc(OCC(=O)NCc2ccc(F)cc2)nc(N2CCOCC2)n1. The lowest BCUT2D eigenvalue weighted by atomic mass is 10.2. The molecular weight excluding hydrogens is 367 g/mol. The maximum absolute atomic E-state index is 12.9. The molecule has 1 amide bonds. The first kappa shape index (κ1) is 20.0. The van der Waals surface area contributed by atoms with Gasteiger partial charge in [0.05, 0.1) is 25.5 Å². The first-order valence-electron chi connectivity index (χ1n) is 8.97. The Hall–Kier alpha value is -2.78. The Morgan fingerprint density at radius 2 is 2.00 bits per heavy atom. The minimum Gasteiger partial charge on any atom is -0.467 e. The summed E-state index contributed by atoms with van der Waals surface area (Å²) in [6.07, 6.45) is 0. The predicted molar refractivity (Wildman–Crippen MR) is 99.5 cm³/mol. The zero-order valence-corrected chi connectivity index (χ0v) is 15.7. The minimum absolute atomic E-state index is 0.187. The molecule has 0 atom stereocenters. The fourth-order valence-electron chi connectivity index (χ4n) is 2.65. The van der Waals surface area contributed by atoms with Crippen molar-refractivity contribution < 1.29 is 23.4 Å². The average Bonchev–Trinajstić information content (AvgIpc) is 2.72. The molecule has 9 heteroatoms. The zero-order chi connectivity index (χ0) is 19.8. The normalized spacial score (nSPS) is 14.0. The van der Waals surface area contributed by atoms with Crippen LogP contribution in [0.1, 0.15) is 11.3 Å². The summed E-state index contributed by atoms with van der Waals surface area (Å²) in [4.78, 5) is 22.9. The largest absolute Gasteiger partial charge is 0.467 e. The fraction of sp³-hybridized carbons (Fsp3) is 0.421. The number of rotatable bonds is 8. The van der Waals surface area contributed by atoms with Crippen molar-refractivity contribution >= 4 is 11.9 Å². The van der Waals surface area contributed by atoms with Crippen molar-refractivity contribution in [1.29, 1.82) is 0 Å². The Bertz CT molecular complexity index is 782. The molecule has 150 valence electrons. The Labute approximate surface area is 162 Å². The lowest BCUT2D eigenvalue weighted by molar-refractivity contribution is -0.123. The van der Waals surface area contributed by atoms with Gasteiger partial charge in [0.15, 0.2) is 6.61 Å². The molecule has 3 rings (SSSR count). The molecule has 0 spiro atoms. The third kappa shape index (κ3) is 5.86. The monoisotopic (exact) mass is 390 g/mol. The van der Waals surface area contributed by atoms with Crippen molar-refractivity contribution in [2.45, 2.75) is 13.2 Å². The topological polar surface area (TPSA) is 85.8 Å². The number of aromatic nitrogens is 2. The first-order chi connectivity index (χ1) is 13.6. The van der Waals surface area contributed by atoms with Crippen molar-refractivity contribution in [2.24, 2.45) is 0 Å². The van der Waals surface area contributed by atoms with E-state index >= 15 is 0 Å². The van der Waals surface area contributed by atoms with E-state index in [-0.39, 0.29) is 18.3 Å². The number of anilines is 1. The molecule has 2 aromatic rings. The number of methoxy groups -OCH3 is 1. The molecule has 1 fully saturated rings. The molecule has 0 unspecified atom stereocenters. The van der Waals surface area contributed by atoms with Crippen LogP contribution in [0.5, 0.6) is 5.88 Å². The summed E-state index contributed by atoms with van der Waals surface area (Å²) in [6, 6.07) is 7.59. The Morgan fingerprint density at radius 3 is 2.71 bits per heavy atom. The summed E-state index contributed by atoms with van der Waals surface area (Å²) in [5, 5.41) is 2.72. The zero-order valence-electron chi connectivity index (χ0n) is 15.7. The van der Waals surface area contributed by atoms with Gasteiger partial charge in [0.2, 0.25) is 11.8 Å². The molecule has 0 bridgehead atoms. The van der Waals surface area contributed by atoms with Gasteiger partial charge in [-0.25, -0.2) is 9.37 Å². The second kappa shape index (κ2) is 9.95. The van der Waals surface area contributed by atoms with E-state index < -0.39 is 0 Å². The van der Waals surface area contributed by atoms with E-state index in [2.05, 4.69) is 15.3 Å². The van der Waals surface area contributed by atoms with Gasteiger partial charge in [0, 0.05) is 32.8 Å². The van der Waals surface area contributed by atoms with Crippen LogP contribution < -0.4 is 15.0 Å². The number of amides is 1. The van der Waals surface area contributed by atoms with Gasteiger partial charge < -0.3 is 24.4 Å². The number of morpholine rings is 1. The van der Waals surface area contributed by atoms with Crippen molar-refractivity contribution in [3.8, 4) is 5.88 Å².